The monoisotopic (exact) mass is 334 g/mol. The highest BCUT2D eigenvalue weighted by Gasteiger charge is 2.25. The predicted molar refractivity (Wildman–Crippen MR) is 89.9 cm³/mol. The predicted octanol–water partition coefficient (Wildman–Crippen LogP) is 5.57. The Morgan fingerprint density at radius 2 is 2.00 bits per heavy atom. The molecular formula is C18H23BrO. The van der Waals surface area contributed by atoms with Crippen LogP contribution in [-0.2, 0) is 4.74 Å². The summed E-state index contributed by atoms with van der Waals surface area (Å²) >= 11 is 3.71. The fourth-order valence-electron chi connectivity index (χ4n) is 2.28. The van der Waals surface area contributed by atoms with Gasteiger partial charge in [0.1, 0.15) is 4.51 Å². The van der Waals surface area contributed by atoms with Crippen molar-refractivity contribution in [3.8, 4) is 0 Å². The van der Waals surface area contributed by atoms with Crippen LogP contribution in [0.3, 0.4) is 0 Å². The number of alkyl halides is 1. The van der Waals surface area contributed by atoms with Gasteiger partial charge in [0.2, 0.25) is 0 Å². The Hall–Kier alpha value is -0.860. The van der Waals surface area contributed by atoms with E-state index in [0.717, 1.165) is 25.4 Å². The zero-order chi connectivity index (χ0) is 14.4. The van der Waals surface area contributed by atoms with E-state index in [0.29, 0.717) is 0 Å². The van der Waals surface area contributed by atoms with Crippen molar-refractivity contribution in [1.82, 2.24) is 0 Å². The summed E-state index contributed by atoms with van der Waals surface area (Å²) in [7, 11) is 0. The van der Waals surface area contributed by atoms with Gasteiger partial charge in [-0.2, -0.15) is 0 Å². The number of hydrogen-bond donors (Lipinski definition) is 0. The van der Waals surface area contributed by atoms with Crippen molar-refractivity contribution in [1.29, 1.82) is 0 Å². The van der Waals surface area contributed by atoms with Crippen LogP contribution >= 0.6 is 15.9 Å². The van der Waals surface area contributed by atoms with Crippen LogP contribution in [0.25, 0.3) is 5.57 Å². The van der Waals surface area contributed by atoms with E-state index in [1.54, 1.807) is 0 Å². The number of halogens is 1. The summed E-state index contributed by atoms with van der Waals surface area (Å²) in [6.45, 7) is 5.31. The van der Waals surface area contributed by atoms with E-state index in [4.69, 9.17) is 4.74 Å². The normalized spacial score (nSPS) is 22.1. The van der Waals surface area contributed by atoms with E-state index < -0.39 is 0 Å². The van der Waals surface area contributed by atoms with Gasteiger partial charge >= 0.3 is 0 Å². The summed E-state index contributed by atoms with van der Waals surface area (Å²) < 4.78 is 5.67. The van der Waals surface area contributed by atoms with Crippen LogP contribution in [0.15, 0.2) is 48.6 Å². The lowest BCUT2D eigenvalue weighted by atomic mass is 9.98. The summed E-state index contributed by atoms with van der Waals surface area (Å²) in [5, 5.41) is 0. The standard InChI is InChI=1S/C18H23BrO/c1-15(2)7-6-14-20-18(19)12-10-17(11-13-18)16-8-4-3-5-9-16/h3-5,8-12,15H,6-7,13-14H2,1-2H3. The van der Waals surface area contributed by atoms with Crippen molar-refractivity contribution in [3.05, 3.63) is 54.1 Å². The first kappa shape index (κ1) is 15.5. The van der Waals surface area contributed by atoms with Crippen molar-refractivity contribution in [3.63, 3.8) is 0 Å². The maximum absolute atomic E-state index is 5.99. The molecule has 1 aromatic carbocycles. The summed E-state index contributed by atoms with van der Waals surface area (Å²) in [6.07, 6.45) is 9.73. The van der Waals surface area contributed by atoms with Gasteiger partial charge in [0.25, 0.3) is 0 Å². The van der Waals surface area contributed by atoms with Crippen LogP contribution in [0.4, 0.5) is 0 Å². The Balaban J connectivity index is 1.86. The summed E-state index contributed by atoms with van der Waals surface area (Å²) in [5.74, 6) is 0.747. The van der Waals surface area contributed by atoms with E-state index in [9.17, 15) is 0 Å². The SMILES string of the molecule is CC(C)CCCOC1(Br)C=CC(c2ccccc2)=CC1. The van der Waals surface area contributed by atoms with E-state index in [1.807, 2.05) is 6.07 Å². The molecule has 1 aliphatic rings. The van der Waals surface area contributed by atoms with Crippen molar-refractivity contribution >= 4 is 21.5 Å². The van der Waals surface area contributed by atoms with Crippen LogP contribution < -0.4 is 0 Å². The number of benzene rings is 1. The Morgan fingerprint density at radius 3 is 2.60 bits per heavy atom. The summed E-state index contributed by atoms with van der Waals surface area (Å²) in [6, 6.07) is 10.5. The maximum Gasteiger partial charge on any atom is 0.145 e. The lowest BCUT2D eigenvalue weighted by Gasteiger charge is -2.26. The number of ether oxygens (including phenoxy) is 1. The molecule has 1 atom stereocenters. The Kier molecular flexibility index (Phi) is 5.62. The molecule has 2 rings (SSSR count). The minimum atomic E-state index is -0.317. The van der Waals surface area contributed by atoms with Gasteiger partial charge < -0.3 is 4.74 Å². The van der Waals surface area contributed by atoms with E-state index in [-0.39, 0.29) is 4.51 Å². The molecule has 0 N–H and O–H groups in total. The highest BCUT2D eigenvalue weighted by atomic mass is 79.9. The van der Waals surface area contributed by atoms with Crippen molar-refractivity contribution < 1.29 is 4.74 Å². The van der Waals surface area contributed by atoms with Gasteiger partial charge in [-0.3, -0.25) is 0 Å². The Labute approximate surface area is 130 Å². The molecule has 0 fully saturated rings. The molecule has 1 nitrogen and oxygen atoms in total. The molecule has 0 heterocycles. The molecule has 0 saturated heterocycles. The van der Waals surface area contributed by atoms with Crippen molar-refractivity contribution in [2.75, 3.05) is 6.61 Å². The molecule has 0 bridgehead atoms. The Morgan fingerprint density at radius 1 is 1.25 bits per heavy atom. The van der Waals surface area contributed by atoms with Crippen molar-refractivity contribution in [2.45, 2.75) is 37.6 Å². The molecule has 0 aliphatic heterocycles. The molecule has 2 heteroatoms. The second-order valence-electron chi connectivity index (χ2n) is 5.73. The fraction of sp³-hybridized carbons (Fsp3) is 0.444. The second-order valence-corrected chi connectivity index (χ2v) is 7.08. The lowest BCUT2D eigenvalue weighted by Crippen LogP contribution is -2.24. The first-order valence-electron chi connectivity index (χ1n) is 7.37. The first-order chi connectivity index (χ1) is 9.59. The molecule has 108 valence electrons. The quantitative estimate of drug-likeness (QED) is 0.487. The van der Waals surface area contributed by atoms with E-state index in [1.165, 1.54) is 17.6 Å². The maximum atomic E-state index is 5.99. The van der Waals surface area contributed by atoms with Crippen LogP contribution in [0.2, 0.25) is 0 Å². The third-order valence-corrected chi connectivity index (χ3v) is 4.30. The molecule has 0 radical (unpaired) electrons. The van der Waals surface area contributed by atoms with Gasteiger partial charge in [0, 0.05) is 13.0 Å². The molecule has 0 amide bonds. The highest BCUT2D eigenvalue weighted by molar-refractivity contribution is 9.10. The van der Waals surface area contributed by atoms with Gasteiger partial charge in [-0.1, -0.05) is 56.3 Å². The molecule has 20 heavy (non-hydrogen) atoms. The highest BCUT2D eigenvalue weighted by Crippen LogP contribution is 2.34. The molecule has 1 unspecified atom stereocenters. The largest absolute Gasteiger partial charge is 0.360 e. The van der Waals surface area contributed by atoms with E-state index >= 15 is 0 Å². The summed E-state index contributed by atoms with van der Waals surface area (Å²) in [4.78, 5) is 0. The minimum absolute atomic E-state index is 0.317. The van der Waals surface area contributed by atoms with Gasteiger partial charge in [-0.25, -0.2) is 0 Å². The first-order valence-corrected chi connectivity index (χ1v) is 8.16. The third-order valence-electron chi connectivity index (χ3n) is 3.49. The van der Waals surface area contributed by atoms with Crippen molar-refractivity contribution in [2.24, 2.45) is 5.92 Å². The second kappa shape index (κ2) is 7.24. The molecule has 1 aliphatic carbocycles. The van der Waals surface area contributed by atoms with Gasteiger partial charge in [0.15, 0.2) is 0 Å². The number of allylic oxidation sites excluding steroid dienone is 2. The fourth-order valence-corrected chi connectivity index (χ4v) is 2.74. The molecule has 0 spiro atoms. The number of hydrogen-bond acceptors (Lipinski definition) is 1. The smallest absolute Gasteiger partial charge is 0.145 e. The molecule has 0 saturated carbocycles. The minimum Gasteiger partial charge on any atom is -0.360 e. The van der Waals surface area contributed by atoms with Gasteiger partial charge in [-0.15, -0.1) is 0 Å². The summed E-state index contributed by atoms with van der Waals surface area (Å²) in [5.41, 5.74) is 2.53. The zero-order valence-corrected chi connectivity index (χ0v) is 13.9. The average molecular weight is 335 g/mol. The van der Waals surface area contributed by atoms with Gasteiger partial charge in [0.05, 0.1) is 0 Å². The van der Waals surface area contributed by atoms with E-state index in [2.05, 4.69) is 72.3 Å². The van der Waals surface area contributed by atoms with Crippen LogP contribution in [0.5, 0.6) is 0 Å². The topological polar surface area (TPSA) is 9.23 Å². The van der Waals surface area contributed by atoms with Crippen LogP contribution in [-0.4, -0.2) is 11.1 Å². The Bertz CT molecular complexity index is 475. The molecular weight excluding hydrogens is 312 g/mol. The average Bonchev–Trinajstić information content (AvgIpc) is 2.45. The van der Waals surface area contributed by atoms with Crippen LogP contribution in [0, 0.1) is 5.92 Å². The number of rotatable bonds is 6. The third kappa shape index (κ3) is 4.60. The lowest BCUT2D eigenvalue weighted by molar-refractivity contribution is 0.0622. The van der Waals surface area contributed by atoms with Gasteiger partial charge in [-0.05, 0) is 51.9 Å². The molecule has 1 aromatic rings. The molecule has 0 aromatic heterocycles. The zero-order valence-electron chi connectivity index (χ0n) is 12.3. The van der Waals surface area contributed by atoms with Crippen LogP contribution in [0.1, 0.15) is 38.7 Å².